The second-order valence-electron chi connectivity index (χ2n) is 5.44. The molecule has 0 saturated heterocycles. The summed E-state index contributed by atoms with van der Waals surface area (Å²) in [6.07, 6.45) is 0.894. The standard InChI is InChI=1S/C16H15ClN2O3S/c1-10-8-12(3-5-14(10)17)19-23(21,22)13-4-6-15-11(9-13)2-7-16(20)18-15/h3-6,8-9,19H,2,7H2,1H3,(H,18,20). The zero-order valence-electron chi connectivity index (χ0n) is 12.4. The van der Waals surface area contributed by atoms with E-state index in [9.17, 15) is 13.2 Å². The summed E-state index contributed by atoms with van der Waals surface area (Å²) in [5.41, 5.74) is 2.74. The van der Waals surface area contributed by atoms with E-state index in [4.69, 9.17) is 11.6 Å². The van der Waals surface area contributed by atoms with Crippen molar-refractivity contribution in [3.63, 3.8) is 0 Å². The molecule has 0 radical (unpaired) electrons. The topological polar surface area (TPSA) is 75.3 Å². The molecular weight excluding hydrogens is 336 g/mol. The third-order valence-corrected chi connectivity index (χ3v) is 5.50. The average Bonchev–Trinajstić information content (AvgIpc) is 2.50. The molecule has 2 aromatic rings. The Kier molecular flexibility index (Phi) is 4.04. The number of carbonyl (C=O) groups is 1. The van der Waals surface area contributed by atoms with Crippen LogP contribution in [0.25, 0.3) is 0 Å². The lowest BCUT2D eigenvalue weighted by Crippen LogP contribution is -2.20. The zero-order chi connectivity index (χ0) is 16.6. The molecule has 2 aromatic carbocycles. The van der Waals surface area contributed by atoms with Crippen molar-refractivity contribution in [1.82, 2.24) is 0 Å². The van der Waals surface area contributed by atoms with E-state index in [1.807, 2.05) is 6.92 Å². The highest BCUT2D eigenvalue weighted by Gasteiger charge is 2.20. The summed E-state index contributed by atoms with van der Waals surface area (Å²) < 4.78 is 27.6. The number of fused-ring (bicyclic) bond motifs is 1. The Balaban J connectivity index is 1.90. The maximum atomic E-state index is 12.5. The molecule has 7 heteroatoms. The van der Waals surface area contributed by atoms with Crippen LogP contribution >= 0.6 is 11.6 Å². The highest BCUT2D eigenvalue weighted by molar-refractivity contribution is 7.92. The fourth-order valence-electron chi connectivity index (χ4n) is 2.45. The largest absolute Gasteiger partial charge is 0.326 e. The Morgan fingerprint density at radius 2 is 1.91 bits per heavy atom. The Hall–Kier alpha value is -2.05. The van der Waals surface area contributed by atoms with Crippen molar-refractivity contribution in [3.05, 3.63) is 52.5 Å². The number of aryl methyl sites for hydroxylation is 2. The van der Waals surface area contributed by atoms with Crippen LogP contribution in [-0.2, 0) is 21.2 Å². The smallest absolute Gasteiger partial charge is 0.261 e. The van der Waals surface area contributed by atoms with Gasteiger partial charge in [-0.2, -0.15) is 0 Å². The number of nitrogens with one attached hydrogen (secondary N) is 2. The first-order valence-corrected chi connectivity index (χ1v) is 8.93. The number of hydrogen-bond acceptors (Lipinski definition) is 3. The SMILES string of the molecule is Cc1cc(NS(=O)(=O)c2ccc3c(c2)CCC(=O)N3)ccc1Cl. The molecule has 0 saturated carbocycles. The molecule has 0 bridgehead atoms. The second kappa shape index (κ2) is 5.86. The molecule has 0 fully saturated rings. The second-order valence-corrected chi connectivity index (χ2v) is 7.53. The number of rotatable bonds is 3. The highest BCUT2D eigenvalue weighted by Crippen LogP contribution is 2.27. The summed E-state index contributed by atoms with van der Waals surface area (Å²) in [5.74, 6) is -0.0529. The van der Waals surface area contributed by atoms with Crippen LogP contribution in [0, 0.1) is 6.92 Å². The molecular formula is C16H15ClN2O3S. The Morgan fingerprint density at radius 1 is 1.13 bits per heavy atom. The van der Waals surface area contributed by atoms with Crippen LogP contribution < -0.4 is 10.0 Å². The van der Waals surface area contributed by atoms with Gasteiger partial charge in [0.2, 0.25) is 5.91 Å². The van der Waals surface area contributed by atoms with Crippen LogP contribution in [0.4, 0.5) is 11.4 Å². The Labute approximate surface area is 139 Å². The normalized spacial score (nSPS) is 14.1. The number of anilines is 2. The Bertz CT molecular complexity index is 894. The van der Waals surface area contributed by atoms with E-state index >= 15 is 0 Å². The molecule has 2 N–H and O–H groups in total. The fourth-order valence-corrected chi connectivity index (χ4v) is 3.67. The number of amides is 1. The van der Waals surface area contributed by atoms with Crippen molar-refractivity contribution in [2.75, 3.05) is 10.0 Å². The summed E-state index contributed by atoms with van der Waals surface area (Å²) in [5, 5.41) is 3.31. The summed E-state index contributed by atoms with van der Waals surface area (Å²) in [7, 11) is -3.70. The molecule has 1 amide bonds. The quantitative estimate of drug-likeness (QED) is 0.891. The minimum absolute atomic E-state index is 0.0529. The fraction of sp³-hybridized carbons (Fsp3) is 0.188. The minimum atomic E-state index is -3.70. The first-order valence-electron chi connectivity index (χ1n) is 7.07. The van der Waals surface area contributed by atoms with Crippen molar-refractivity contribution in [2.24, 2.45) is 0 Å². The molecule has 0 atom stereocenters. The van der Waals surface area contributed by atoms with E-state index in [-0.39, 0.29) is 10.8 Å². The van der Waals surface area contributed by atoms with Crippen molar-refractivity contribution in [2.45, 2.75) is 24.7 Å². The van der Waals surface area contributed by atoms with E-state index in [2.05, 4.69) is 10.0 Å². The van der Waals surface area contributed by atoms with Crippen molar-refractivity contribution >= 4 is 38.9 Å². The van der Waals surface area contributed by atoms with Gasteiger partial charge in [-0.1, -0.05) is 11.6 Å². The lowest BCUT2D eigenvalue weighted by atomic mass is 10.0. The van der Waals surface area contributed by atoms with Gasteiger partial charge >= 0.3 is 0 Å². The van der Waals surface area contributed by atoms with Crippen LogP contribution in [0.5, 0.6) is 0 Å². The molecule has 0 unspecified atom stereocenters. The van der Waals surface area contributed by atoms with E-state index < -0.39 is 10.0 Å². The minimum Gasteiger partial charge on any atom is -0.326 e. The van der Waals surface area contributed by atoms with Crippen molar-refractivity contribution in [1.29, 1.82) is 0 Å². The monoisotopic (exact) mass is 350 g/mol. The third kappa shape index (κ3) is 3.33. The van der Waals surface area contributed by atoms with E-state index in [1.165, 1.54) is 6.07 Å². The lowest BCUT2D eigenvalue weighted by Gasteiger charge is -2.18. The lowest BCUT2D eigenvalue weighted by molar-refractivity contribution is -0.116. The van der Waals surface area contributed by atoms with Crippen LogP contribution in [0.15, 0.2) is 41.3 Å². The molecule has 3 rings (SSSR count). The maximum Gasteiger partial charge on any atom is 0.261 e. The molecule has 5 nitrogen and oxygen atoms in total. The number of carbonyl (C=O) groups excluding carboxylic acids is 1. The van der Waals surface area contributed by atoms with Gasteiger partial charge in [0.25, 0.3) is 10.0 Å². The van der Waals surface area contributed by atoms with Gasteiger partial charge in [-0.25, -0.2) is 8.42 Å². The van der Waals surface area contributed by atoms with Gasteiger partial charge in [-0.3, -0.25) is 9.52 Å². The van der Waals surface area contributed by atoms with E-state index in [0.29, 0.717) is 29.2 Å². The number of hydrogen-bond donors (Lipinski definition) is 2. The van der Waals surface area contributed by atoms with Gasteiger partial charge in [0.15, 0.2) is 0 Å². The van der Waals surface area contributed by atoms with Gasteiger partial charge in [-0.15, -0.1) is 0 Å². The first-order chi connectivity index (χ1) is 10.8. The van der Waals surface area contributed by atoms with E-state index in [1.54, 1.807) is 30.3 Å². The molecule has 0 aliphatic carbocycles. The number of halogens is 1. The maximum absolute atomic E-state index is 12.5. The highest BCUT2D eigenvalue weighted by atomic mass is 35.5. The number of benzene rings is 2. The molecule has 1 aliphatic rings. The van der Waals surface area contributed by atoms with Gasteiger partial charge in [0, 0.05) is 22.8 Å². The molecule has 1 aliphatic heterocycles. The molecule has 0 spiro atoms. The zero-order valence-corrected chi connectivity index (χ0v) is 14.0. The molecule has 23 heavy (non-hydrogen) atoms. The summed E-state index contributed by atoms with van der Waals surface area (Å²) in [6.45, 7) is 1.81. The predicted molar refractivity (Wildman–Crippen MR) is 90.4 cm³/mol. The van der Waals surface area contributed by atoms with Crippen LogP contribution in [0.1, 0.15) is 17.5 Å². The van der Waals surface area contributed by atoms with Gasteiger partial charge in [0.1, 0.15) is 0 Å². The summed E-state index contributed by atoms with van der Waals surface area (Å²) >= 11 is 5.95. The molecule has 120 valence electrons. The average molecular weight is 351 g/mol. The first kappa shape index (κ1) is 15.8. The summed E-state index contributed by atoms with van der Waals surface area (Å²) in [4.78, 5) is 11.5. The van der Waals surface area contributed by atoms with E-state index in [0.717, 1.165) is 11.1 Å². The number of sulfonamides is 1. The van der Waals surface area contributed by atoms with Gasteiger partial charge < -0.3 is 5.32 Å². The van der Waals surface area contributed by atoms with Crippen LogP contribution in [0.2, 0.25) is 5.02 Å². The third-order valence-electron chi connectivity index (χ3n) is 3.69. The molecule has 1 heterocycles. The summed E-state index contributed by atoms with van der Waals surface area (Å²) in [6, 6.07) is 9.64. The van der Waals surface area contributed by atoms with Crippen LogP contribution in [0.3, 0.4) is 0 Å². The van der Waals surface area contributed by atoms with Crippen molar-refractivity contribution in [3.8, 4) is 0 Å². The molecule has 0 aromatic heterocycles. The van der Waals surface area contributed by atoms with Gasteiger partial charge in [0.05, 0.1) is 4.90 Å². The Morgan fingerprint density at radius 3 is 2.65 bits per heavy atom. The van der Waals surface area contributed by atoms with Crippen LogP contribution in [-0.4, -0.2) is 14.3 Å². The predicted octanol–water partition coefficient (Wildman–Crippen LogP) is 3.33. The van der Waals surface area contributed by atoms with Gasteiger partial charge in [-0.05, 0) is 60.9 Å². The van der Waals surface area contributed by atoms with Crippen molar-refractivity contribution < 1.29 is 13.2 Å².